The first-order valence-corrected chi connectivity index (χ1v) is 11.3. The van der Waals surface area contributed by atoms with Crippen LogP contribution in [0.1, 0.15) is 11.1 Å². The predicted octanol–water partition coefficient (Wildman–Crippen LogP) is 5.98. The van der Waals surface area contributed by atoms with Crippen molar-refractivity contribution < 1.29 is 14.4 Å². The van der Waals surface area contributed by atoms with Gasteiger partial charge in [0.25, 0.3) is 11.1 Å². The van der Waals surface area contributed by atoms with Gasteiger partial charge in [0.1, 0.15) is 6.54 Å². The van der Waals surface area contributed by atoms with Gasteiger partial charge in [0.05, 0.1) is 4.91 Å². The number of benzene rings is 4. The third kappa shape index (κ3) is 4.13. The highest BCUT2D eigenvalue weighted by molar-refractivity contribution is 8.18. The van der Waals surface area contributed by atoms with E-state index in [-0.39, 0.29) is 6.54 Å². The molecule has 5 nitrogen and oxygen atoms in total. The zero-order valence-electron chi connectivity index (χ0n) is 17.9. The zero-order valence-corrected chi connectivity index (χ0v) is 18.7. The van der Waals surface area contributed by atoms with E-state index in [1.807, 2.05) is 73.7 Å². The van der Waals surface area contributed by atoms with Gasteiger partial charge >= 0.3 is 0 Å². The maximum atomic E-state index is 13.1. The fourth-order valence-corrected chi connectivity index (χ4v) is 4.86. The van der Waals surface area contributed by atoms with Gasteiger partial charge in [-0.1, -0.05) is 60.7 Å². The van der Waals surface area contributed by atoms with Crippen LogP contribution >= 0.6 is 11.8 Å². The van der Waals surface area contributed by atoms with Gasteiger partial charge in [0.15, 0.2) is 0 Å². The van der Waals surface area contributed by atoms with E-state index in [0.29, 0.717) is 10.6 Å². The molecular weight excluding hydrogens is 432 g/mol. The van der Waals surface area contributed by atoms with Crippen LogP contribution in [0.25, 0.3) is 27.6 Å². The molecule has 0 bridgehead atoms. The number of thioether (sulfide) groups is 1. The van der Waals surface area contributed by atoms with E-state index >= 15 is 0 Å². The second-order valence-corrected chi connectivity index (χ2v) is 8.91. The van der Waals surface area contributed by atoms with Crippen LogP contribution in [0.4, 0.5) is 10.5 Å². The summed E-state index contributed by atoms with van der Waals surface area (Å²) in [6, 6.07) is 25.4. The summed E-state index contributed by atoms with van der Waals surface area (Å²) in [6.45, 7) is 1.60. The molecule has 0 atom stereocenters. The number of nitrogens with zero attached hydrogens (tertiary/aromatic N) is 1. The number of nitrogens with one attached hydrogen (secondary N) is 1. The molecule has 1 aliphatic heterocycles. The lowest BCUT2D eigenvalue weighted by Crippen LogP contribution is -2.36. The number of imide groups is 1. The average Bonchev–Trinajstić information content (AvgIpc) is 3.06. The van der Waals surface area contributed by atoms with Crippen molar-refractivity contribution in [1.82, 2.24) is 4.90 Å². The van der Waals surface area contributed by atoms with Gasteiger partial charge in [-0.3, -0.25) is 19.3 Å². The molecule has 0 aliphatic carbocycles. The van der Waals surface area contributed by atoms with Crippen molar-refractivity contribution in [1.29, 1.82) is 0 Å². The molecule has 1 heterocycles. The van der Waals surface area contributed by atoms with Crippen molar-refractivity contribution in [3.63, 3.8) is 0 Å². The number of carbonyl (C=O) groups is 3. The standard InChI is InChI=1S/C27H20N2O3S/c1-17-7-6-10-20(13-17)28-25(30)16-29-26(31)24(33-27(29)32)15-23-21-11-4-2-8-18(21)14-19-9-3-5-12-22(19)23/h2-15H,16H2,1H3,(H,28,30)/b24-15+. The summed E-state index contributed by atoms with van der Waals surface area (Å²) in [6.07, 6.45) is 1.77. The Labute approximate surface area is 195 Å². The summed E-state index contributed by atoms with van der Waals surface area (Å²) in [7, 11) is 0. The van der Waals surface area contributed by atoms with Gasteiger partial charge in [0, 0.05) is 5.69 Å². The van der Waals surface area contributed by atoms with E-state index in [1.54, 1.807) is 12.1 Å². The average molecular weight is 453 g/mol. The van der Waals surface area contributed by atoms with Crippen LogP contribution in [0.3, 0.4) is 0 Å². The van der Waals surface area contributed by atoms with Crippen LogP contribution in [0, 0.1) is 6.92 Å². The molecule has 0 radical (unpaired) electrons. The van der Waals surface area contributed by atoms with Crippen molar-refractivity contribution in [2.75, 3.05) is 11.9 Å². The van der Waals surface area contributed by atoms with E-state index in [2.05, 4.69) is 11.4 Å². The topological polar surface area (TPSA) is 66.5 Å². The van der Waals surface area contributed by atoms with Crippen LogP contribution in [0.5, 0.6) is 0 Å². The number of carbonyl (C=O) groups excluding carboxylic acids is 3. The number of anilines is 1. The van der Waals surface area contributed by atoms with E-state index < -0.39 is 17.1 Å². The molecule has 1 saturated heterocycles. The maximum absolute atomic E-state index is 13.1. The Morgan fingerprint density at radius 1 is 0.909 bits per heavy atom. The quantitative estimate of drug-likeness (QED) is 0.306. The zero-order chi connectivity index (χ0) is 22.9. The number of rotatable bonds is 4. The van der Waals surface area contributed by atoms with Crippen molar-refractivity contribution >= 4 is 62.1 Å². The van der Waals surface area contributed by atoms with Gasteiger partial charge < -0.3 is 5.32 Å². The van der Waals surface area contributed by atoms with Crippen LogP contribution in [-0.2, 0) is 9.59 Å². The van der Waals surface area contributed by atoms with E-state index in [4.69, 9.17) is 0 Å². The highest BCUT2D eigenvalue weighted by Gasteiger charge is 2.36. The molecule has 4 aromatic carbocycles. The fraction of sp³-hybridized carbons (Fsp3) is 0.0741. The molecule has 1 aliphatic rings. The first-order chi connectivity index (χ1) is 16.0. The molecule has 0 saturated carbocycles. The van der Waals surface area contributed by atoms with Crippen LogP contribution in [0.15, 0.2) is 83.8 Å². The SMILES string of the molecule is Cc1cccc(NC(=O)CN2C(=O)S/C(=C/c3c4ccccc4cc4ccccc34)C2=O)c1. The molecule has 162 valence electrons. The number of aryl methyl sites for hydroxylation is 1. The molecule has 1 fully saturated rings. The van der Waals surface area contributed by atoms with Crippen LogP contribution in [0.2, 0.25) is 0 Å². The minimum atomic E-state index is -0.457. The van der Waals surface area contributed by atoms with Gasteiger partial charge in [-0.25, -0.2) is 0 Å². The normalized spacial score (nSPS) is 15.1. The fourth-order valence-electron chi connectivity index (χ4n) is 4.04. The summed E-state index contributed by atoms with van der Waals surface area (Å²) < 4.78 is 0. The van der Waals surface area contributed by atoms with Gasteiger partial charge in [-0.05, 0) is 75.6 Å². The summed E-state index contributed by atoms with van der Waals surface area (Å²) in [5.74, 6) is -0.874. The predicted molar refractivity (Wildman–Crippen MR) is 134 cm³/mol. The van der Waals surface area contributed by atoms with Crippen molar-refractivity contribution in [2.45, 2.75) is 6.92 Å². The van der Waals surface area contributed by atoms with Crippen LogP contribution < -0.4 is 5.32 Å². The first kappa shape index (κ1) is 21.0. The van der Waals surface area contributed by atoms with E-state index in [9.17, 15) is 14.4 Å². The van der Waals surface area contributed by atoms with Gasteiger partial charge in [-0.15, -0.1) is 0 Å². The minimum absolute atomic E-state index is 0.310. The highest BCUT2D eigenvalue weighted by Crippen LogP contribution is 2.36. The number of fused-ring (bicyclic) bond motifs is 2. The van der Waals surface area contributed by atoms with Crippen molar-refractivity contribution in [2.24, 2.45) is 0 Å². The molecule has 0 unspecified atom stereocenters. The van der Waals surface area contributed by atoms with Crippen LogP contribution in [-0.4, -0.2) is 28.5 Å². The minimum Gasteiger partial charge on any atom is -0.325 e. The van der Waals surface area contributed by atoms with Gasteiger partial charge in [0.2, 0.25) is 5.91 Å². The van der Waals surface area contributed by atoms with Crippen molar-refractivity contribution in [3.8, 4) is 0 Å². The molecule has 0 aromatic heterocycles. The smallest absolute Gasteiger partial charge is 0.294 e. The van der Waals surface area contributed by atoms with Crippen molar-refractivity contribution in [3.05, 3.63) is 94.9 Å². The molecule has 6 heteroatoms. The summed E-state index contributed by atoms with van der Waals surface area (Å²) in [4.78, 5) is 39.5. The number of amides is 3. The molecule has 1 N–H and O–H groups in total. The monoisotopic (exact) mass is 452 g/mol. The molecule has 4 aromatic rings. The summed E-state index contributed by atoms with van der Waals surface area (Å²) in [5.41, 5.74) is 2.52. The number of hydrogen-bond acceptors (Lipinski definition) is 4. The molecular formula is C27H20N2O3S. The molecule has 5 rings (SSSR count). The summed E-state index contributed by atoms with van der Waals surface area (Å²) >= 11 is 0.863. The van der Waals surface area contributed by atoms with Gasteiger partial charge in [-0.2, -0.15) is 0 Å². The molecule has 3 amide bonds. The highest BCUT2D eigenvalue weighted by atomic mass is 32.2. The lowest BCUT2D eigenvalue weighted by Gasteiger charge is -2.13. The number of hydrogen-bond donors (Lipinski definition) is 1. The maximum Gasteiger partial charge on any atom is 0.294 e. The largest absolute Gasteiger partial charge is 0.325 e. The molecule has 0 spiro atoms. The summed E-state index contributed by atoms with van der Waals surface area (Å²) in [5, 5.41) is 6.41. The Bertz CT molecular complexity index is 1420. The first-order valence-electron chi connectivity index (χ1n) is 10.5. The second-order valence-electron chi connectivity index (χ2n) is 7.92. The Morgan fingerprint density at radius 2 is 1.58 bits per heavy atom. The Kier molecular flexibility index (Phi) is 5.44. The lowest BCUT2D eigenvalue weighted by atomic mass is 9.96. The second kappa shape index (κ2) is 8.56. The Morgan fingerprint density at radius 3 is 2.24 bits per heavy atom. The third-order valence-corrected chi connectivity index (χ3v) is 6.47. The lowest BCUT2D eigenvalue weighted by molar-refractivity contribution is -0.127. The Balaban J connectivity index is 1.46. The Hall–Kier alpha value is -3.90. The molecule has 33 heavy (non-hydrogen) atoms. The van der Waals surface area contributed by atoms with E-state index in [0.717, 1.165) is 49.3 Å². The third-order valence-electron chi connectivity index (χ3n) is 5.57. The van der Waals surface area contributed by atoms with E-state index in [1.165, 1.54) is 0 Å².